The average molecular weight is 317 g/mol. The lowest BCUT2D eigenvalue weighted by atomic mass is 9.96. The van der Waals surface area contributed by atoms with Crippen molar-refractivity contribution >= 4 is 21.7 Å². The van der Waals surface area contributed by atoms with Gasteiger partial charge < -0.3 is 4.74 Å². The average Bonchev–Trinajstić information content (AvgIpc) is 2.38. The highest BCUT2D eigenvalue weighted by Crippen LogP contribution is 2.37. The van der Waals surface area contributed by atoms with Crippen molar-refractivity contribution in [3.63, 3.8) is 0 Å². The number of Topliss-reactive ketones (excluding diaryl/α,β-unsaturated/α-hetero) is 1. The molecule has 1 aliphatic heterocycles. The number of ether oxygens (including phenoxy) is 1. The number of carbonyl (C=O) groups excluding carboxylic acids is 1. The van der Waals surface area contributed by atoms with Crippen molar-refractivity contribution < 1.29 is 9.53 Å². The highest BCUT2D eigenvalue weighted by molar-refractivity contribution is 9.10. The molecule has 2 aromatic rings. The van der Waals surface area contributed by atoms with Gasteiger partial charge in [0.25, 0.3) is 0 Å². The zero-order chi connectivity index (χ0) is 13.4. The van der Waals surface area contributed by atoms with Crippen molar-refractivity contribution in [1.29, 1.82) is 0 Å². The van der Waals surface area contributed by atoms with Crippen LogP contribution in [0.4, 0.5) is 0 Å². The summed E-state index contributed by atoms with van der Waals surface area (Å²) < 4.78 is 6.95. The maximum atomic E-state index is 12.2. The van der Waals surface area contributed by atoms with E-state index in [0.717, 1.165) is 10.0 Å². The van der Waals surface area contributed by atoms with Gasteiger partial charge in [-0.25, -0.2) is 0 Å². The summed E-state index contributed by atoms with van der Waals surface area (Å²) in [6.07, 6.45) is 0.177. The maximum Gasteiger partial charge on any atom is 0.170 e. The summed E-state index contributed by atoms with van der Waals surface area (Å²) in [6.45, 7) is 2.04. The van der Waals surface area contributed by atoms with E-state index < -0.39 is 0 Å². The number of ketones is 1. The number of fused-ring (bicyclic) bond motifs is 1. The fourth-order valence-corrected chi connectivity index (χ4v) is 3.09. The Morgan fingerprint density at radius 3 is 2.79 bits per heavy atom. The van der Waals surface area contributed by atoms with Crippen LogP contribution in [0.5, 0.6) is 5.75 Å². The lowest BCUT2D eigenvalue weighted by Crippen LogP contribution is -2.20. The van der Waals surface area contributed by atoms with Gasteiger partial charge in [-0.2, -0.15) is 0 Å². The van der Waals surface area contributed by atoms with Crippen LogP contribution in [0.3, 0.4) is 0 Å². The van der Waals surface area contributed by atoms with Gasteiger partial charge in [0, 0.05) is 10.0 Å². The minimum Gasteiger partial charge on any atom is -0.484 e. The van der Waals surface area contributed by atoms with Crippen LogP contribution in [0.15, 0.2) is 46.9 Å². The van der Waals surface area contributed by atoms with Crippen molar-refractivity contribution in [3.8, 4) is 5.75 Å². The fourth-order valence-electron chi connectivity index (χ4n) is 2.34. The van der Waals surface area contributed by atoms with Crippen molar-refractivity contribution in [2.75, 3.05) is 0 Å². The number of para-hydroxylation sites is 1. The van der Waals surface area contributed by atoms with E-state index in [0.29, 0.717) is 17.7 Å². The first-order chi connectivity index (χ1) is 9.15. The van der Waals surface area contributed by atoms with Crippen LogP contribution in [-0.4, -0.2) is 5.78 Å². The minimum absolute atomic E-state index is 0.138. The lowest BCUT2D eigenvalue weighted by molar-refractivity contribution is 0.0849. The van der Waals surface area contributed by atoms with Gasteiger partial charge in [-0.3, -0.25) is 4.79 Å². The Hall–Kier alpha value is -1.61. The molecule has 1 heterocycles. The van der Waals surface area contributed by atoms with Crippen LogP contribution < -0.4 is 4.74 Å². The molecule has 0 fully saturated rings. The summed E-state index contributed by atoms with van der Waals surface area (Å²) >= 11 is 3.55. The molecule has 19 heavy (non-hydrogen) atoms. The quantitative estimate of drug-likeness (QED) is 0.776. The number of benzene rings is 2. The summed E-state index contributed by atoms with van der Waals surface area (Å²) in [5.74, 6) is 0.815. The molecule has 1 unspecified atom stereocenters. The molecule has 0 radical (unpaired) electrons. The van der Waals surface area contributed by atoms with E-state index in [9.17, 15) is 4.79 Å². The number of rotatable bonds is 1. The zero-order valence-corrected chi connectivity index (χ0v) is 12.1. The second kappa shape index (κ2) is 4.82. The van der Waals surface area contributed by atoms with Crippen LogP contribution in [0.1, 0.15) is 34.0 Å². The SMILES string of the molecule is Cc1ccc(C2CC(=O)c3ccccc3O2)c(Br)c1. The molecule has 0 aromatic heterocycles. The summed E-state index contributed by atoms with van der Waals surface area (Å²) in [4.78, 5) is 12.2. The molecule has 1 aliphatic rings. The van der Waals surface area contributed by atoms with Gasteiger partial charge in [-0.05, 0) is 30.7 Å². The van der Waals surface area contributed by atoms with E-state index in [1.807, 2.05) is 49.4 Å². The number of halogens is 1. The van der Waals surface area contributed by atoms with E-state index >= 15 is 0 Å². The van der Waals surface area contributed by atoms with Crippen LogP contribution in [0, 0.1) is 6.92 Å². The molecule has 1 atom stereocenters. The first-order valence-corrected chi connectivity index (χ1v) is 6.99. The Kier molecular flexibility index (Phi) is 3.15. The molecule has 0 saturated carbocycles. The fraction of sp³-hybridized carbons (Fsp3) is 0.188. The number of hydrogen-bond donors (Lipinski definition) is 0. The van der Waals surface area contributed by atoms with Gasteiger partial charge in [-0.1, -0.05) is 40.2 Å². The van der Waals surface area contributed by atoms with Crippen molar-refractivity contribution in [2.24, 2.45) is 0 Å². The molecule has 96 valence electrons. The third-order valence-electron chi connectivity index (χ3n) is 3.33. The first-order valence-electron chi connectivity index (χ1n) is 6.20. The van der Waals surface area contributed by atoms with Crippen LogP contribution >= 0.6 is 15.9 Å². The highest BCUT2D eigenvalue weighted by atomic mass is 79.9. The molecule has 0 aliphatic carbocycles. The molecule has 3 heteroatoms. The Balaban J connectivity index is 1.99. The van der Waals surface area contributed by atoms with Crippen molar-refractivity contribution in [3.05, 3.63) is 63.6 Å². The second-order valence-corrected chi connectivity index (χ2v) is 5.61. The van der Waals surface area contributed by atoms with Crippen molar-refractivity contribution in [1.82, 2.24) is 0 Å². The van der Waals surface area contributed by atoms with Gasteiger partial charge in [0.05, 0.1) is 12.0 Å². The molecule has 0 amide bonds. The van der Waals surface area contributed by atoms with Gasteiger partial charge in [0.1, 0.15) is 11.9 Å². The largest absolute Gasteiger partial charge is 0.484 e. The van der Waals surface area contributed by atoms with E-state index in [1.165, 1.54) is 5.56 Å². The third-order valence-corrected chi connectivity index (χ3v) is 4.02. The van der Waals surface area contributed by atoms with Crippen LogP contribution in [-0.2, 0) is 0 Å². The molecule has 0 spiro atoms. The smallest absolute Gasteiger partial charge is 0.170 e. The Morgan fingerprint density at radius 1 is 1.21 bits per heavy atom. The van der Waals surface area contributed by atoms with Gasteiger partial charge in [0.15, 0.2) is 5.78 Å². The predicted molar refractivity (Wildman–Crippen MR) is 77.6 cm³/mol. The Morgan fingerprint density at radius 2 is 2.00 bits per heavy atom. The number of aryl methyl sites for hydroxylation is 1. The molecular weight excluding hydrogens is 304 g/mol. The maximum absolute atomic E-state index is 12.2. The van der Waals surface area contributed by atoms with E-state index in [-0.39, 0.29) is 11.9 Å². The van der Waals surface area contributed by atoms with E-state index in [2.05, 4.69) is 15.9 Å². The standard InChI is InChI=1S/C16H13BrO2/c1-10-6-7-11(13(17)8-10)16-9-14(18)12-4-2-3-5-15(12)19-16/h2-8,16H,9H2,1H3. The molecule has 0 N–H and O–H groups in total. The summed E-state index contributed by atoms with van der Waals surface area (Å²) in [5, 5.41) is 0. The number of carbonyl (C=O) groups is 1. The van der Waals surface area contributed by atoms with Crippen LogP contribution in [0.25, 0.3) is 0 Å². The van der Waals surface area contributed by atoms with Gasteiger partial charge in [0.2, 0.25) is 0 Å². The summed E-state index contributed by atoms with van der Waals surface area (Å²) in [6, 6.07) is 13.5. The Labute approximate surface area is 120 Å². The van der Waals surface area contributed by atoms with Gasteiger partial charge >= 0.3 is 0 Å². The van der Waals surface area contributed by atoms with E-state index in [1.54, 1.807) is 0 Å². The van der Waals surface area contributed by atoms with E-state index in [4.69, 9.17) is 4.74 Å². The Bertz CT molecular complexity index is 649. The van der Waals surface area contributed by atoms with Gasteiger partial charge in [-0.15, -0.1) is 0 Å². The molecule has 3 rings (SSSR count). The molecule has 0 bridgehead atoms. The molecule has 2 aromatic carbocycles. The van der Waals surface area contributed by atoms with Crippen LogP contribution in [0.2, 0.25) is 0 Å². The van der Waals surface area contributed by atoms with Crippen molar-refractivity contribution in [2.45, 2.75) is 19.4 Å². The monoisotopic (exact) mass is 316 g/mol. The second-order valence-electron chi connectivity index (χ2n) is 4.75. The predicted octanol–water partition coefficient (Wildman–Crippen LogP) is 4.46. The minimum atomic E-state index is -0.211. The summed E-state index contributed by atoms with van der Waals surface area (Å²) in [7, 11) is 0. The normalized spacial score (nSPS) is 17.8. The highest BCUT2D eigenvalue weighted by Gasteiger charge is 2.28. The number of hydrogen-bond acceptors (Lipinski definition) is 2. The zero-order valence-electron chi connectivity index (χ0n) is 10.5. The topological polar surface area (TPSA) is 26.3 Å². The lowest BCUT2D eigenvalue weighted by Gasteiger charge is -2.26. The first kappa shape index (κ1) is 12.4. The molecule has 2 nitrogen and oxygen atoms in total. The summed E-state index contributed by atoms with van der Waals surface area (Å²) in [5.41, 5.74) is 2.88. The molecular formula is C16H13BrO2. The molecule has 0 saturated heterocycles. The third kappa shape index (κ3) is 2.30.